The van der Waals surface area contributed by atoms with Crippen molar-refractivity contribution >= 4 is 16.8 Å². The third-order valence-corrected chi connectivity index (χ3v) is 6.67. The van der Waals surface area contributed by atoms with Crippen molar-refractivity contribution in [2.45, 2.75) is 96.8 Å². The van der Waals surface area contributed by atoms with Crippen LogP contribution in [-0.2, 0) is 0 Å². The number of nitrogens with one attached hydrogen (secondary N) is 1. The summed E-state index contributed by atoms with van der Waals surface area (Å²) in [6.45, 7) is 2.97. The first kappa shape index (κ1) is 26.8. The molecule has 1 amide bonds. The maximum atomic E-state index is 13.0. The fourth-order valence-corrected chi connectivity index (χ4v) is 4.57. The summed E-state index contributed by atoms with van der Waals surface area (Å²) in [5.41, 5.74) is 2.17. The van der Waals surface area contributed by atoms with E-state index in [-0.39, 0.29) is 5.91 Å². The number of nitrogens with zero attached hydrogens (tertiary/aromatic N) is 2. The Bertz CT molecular complexity index is 1000. The van der Waals surface area contributed by atoms with Gasteiger partial charge in [0.1, 0.15) is 5.69 Å². The summed E-state index contributed by atoms with van der Waals surface area (Å²) in [6, 6.07) is 17.6. The molecule has 35 heavy (non-hydrogen) atoms. The predicted octanol–water partition coefficient (Wildman–Crippen LogP) is 8.51. The van der Waals surface area contributed by atoms with Gasteiger partial charge in [0.15, 0.2) is 5.82 Å². The lowest BCUT2D eigenvalue weighted by molar-refractivity contribution is 0.0949. The van der Waals surface area contributed by atoms with E-state index < -0.39 is 0 Å². The van der Waals surface area contributed by atoms with Crippen molar-refractivity contribution in [2.24, 2.45) is 0 Å². The fourth-order valence-electron chi connectivity index (χ4n) is 4.57. The molecule has 0 radical (unpaired) electrons. The van der Waals surface area contributed by atoms with Crippen LogP contribution in [-0.4, -0.2) is 22.4 Å². The molecule has 0 aliphatic heterocycles. The summed E-state index contributed by atoms with van der Waals surface area (Å²) in [5.74, 6) is 0.474. The van der Waals surface area contributed by atoms with E-state index in [1.807, 2.05) is 54.6 Å². The van der Waals surface area contributed by atoms with Crippen LogP contribution < -0.4 is 5.32 Å². The first-order valence-corrected chi connectivity index (χ1v) is 13.9. The van der Waals surface area contributed by atoms with Crippen LogP contribution in [0.25, 0.3) is 22.3 Å². The van der Waals surface area contributed by atoms with E-state index in [1.165, 1.54) is 77.0 Å². The molecule has 188 valence electrons. The molecule has 0 saturated heterocycles. The van der Waals surface area contributed by atoms with Crippen LogP contribution in [0.15, 0.2) is 54.6 Å². The molecule has 4 nitrogen and oxygen atoms in total. The molecule has 0 aliphatic rings. The summed E-state index contributed by atoms with van der Waals surface area (Å²) in [7, 11) is 0. The predicted molar refractivity (Wildman–Crippen MR) is 148 cm³/mol. The zero-order valence-electron chi connectivity index (χ0n) is 21.6. The molecule has 3 rings (SSSR count). The third kappa shape index (κ3) is 9.43. The highest BCUT2D eigenvalue weighted by Crippen LogP contribution is 2.21. The van der Waals surface area contributed by atoms with Crippen LogP contribution in [0.1, 0.15) is 107 Å². The van der Waals surface area contributed by atoms with E-state index in [1.54, 1.807) is 0 Å². The Labute approximate surface area is 212 Å². The van der Waals surface area contributed by atoms with Gasteiger partial charge in [0.2, 0.25) is 0 Å². The number of unbranched alkanes of at least 4 members (excludes halogenated alkanes) is 13. The lowest BCUT2D eigenvalue weighted by Gasteiger charge is -2.10. The molecule has 1 heterocycles. The van der Waals surface area contributed by atoms with Gasteiger partial charge in [-0.15, -0.1) is 0 Å². The fraction of sp³-hybridized carbons (Fsp3) is 0.516. The van der Waals surface area contributed by atoms with Crippen LogP contribution in [0.4, 0.5) is 0 Å². The third-order valence-electron chi connectivity index (χ3n) is 6.67. The first-order valence-electron chi connectivity index (χ1n) is 13.9. The molecule has 0 unspecified atom stereocenters. The molecule has 3 aromatic rings. The summed E-state index contributed by atoms with van der Waals surface area (Å²) >= 11 is 0. The zero-order valence-corrected chi connectivity index (χ0v) is 21.6. The molecule has 2 aromatic carbocycles. The van der Waals surface area contributed by atoms with Crippen LogP contribution in [0.2, 0.25) is 0 Å². The van der Waals surface area contributed by atoms with Gasteiger partial charge in [-0.3, -0.25) is 4.79 Å². The topological polar surface area (TPSA) is 54.9 Å². The quantitative estimate of drug-likeness (QED) is 0.200. The SMILES string of the molecule is CCCCCCCCCCCCCCCCNC(=O)c1nc(-c2ccccc2)nc2ccccc12. The standard InChI is InChI=1S/C31H43N3O/c1-2-3-4-5-6-7-8-9-10-11-12-13-14-20-25-32-31(35)29-27-23-18-19-24-28(27)33-30(34-29)26-21-16-15-17-22-26/h15-19,21-24H,2-14,20,25H2,1H3,(H,32,35). The van der Waals surface area contributed by atoms with Crippen LogP contribution >= 0.6 is 0 Å². The molecular formula is C31H43N3O. The summed E-state index contributed by atoms with van der Waals surface area (Å²) < 4.78 is 0. The maximum absolute atomic E-state index is 13.0. The Kier molecular flexibility index (Phi) is 12.3. The number of carbonyl (C=O) groups excluding carboxylic acids is 1. The van der Waals surface area contributed by atoms with Gasteiger partial charge in [0.05, 0.1) is 5.52 Å². The molecule has 1 aromatic heterocycles. The Balaban J connectivity index is 1.33. The average molecular weight is 474 g/mol. The largest absolute Gasteiger partial charge is 0.351 e. The van der Waals surface area contributed by atoms with Crippen molar-refractivity contribution in [3.05, 3.63) is 60.3 Å². The molecule has 0 bridgehead atoms. The first-order chi connectivity index (χ1) is 17.3. The van der Waals surface area contributed by atoms with Gasteiger partial charge < -0.3 is 5.32 Å². The van der Waals surface area contributed by atoms with Gasteiger partial charge in [-0.1, -0.05) is 139 Å². The van der Waals surface area contributed by atoms with Crippen molar-refractivity contribution in [2.75, 3.05) is 6.54 Å². The van der Waals surface area contributed by atoms with Gasteiger partial charge in [-0.25, -0.2) is 9.97 Å². The minimum atomic E-state index is -0.115. The van der Waals surface area contributed by atoms with Crippen LogP contribution in [0, 0.1) is 0 Å². The number of amides is 1. The highest BCUT2D eigenvalue weighted by Gasteiger charge is 2.15. The second-order valence-electron chi connectivity index (χ2n) is 9.63. The van der Waals surface area contributed by atoms with E-state index in [0.29, 0.717) is 18.1 Å². The number of aromatic nitrogens is 2. The van der Waals surface area contributed by atoms with E-state index in [0.717, 1.165) is 29.3 Å². The van der Waals surface area contributed by atoms with Crippen molar-refractivity contribution in [1.29, 1.82) is 0 Å². The molecule has 0 atom stereocenters. The molecule has 1 N–H and O–H groups in total. The number of para-hydroxylation sites is 1. The number of benzene rings is 2. The van der Waals surface area contributed by atoms with Gasteiger partial charge in [-0.05, 0) is 12.5 Å². The highest BCUT2D eigenvalue weighted by molar-refractivity contribution is 6.04. The highest BCUT2D eigenvalue weighted by atomic mass is 16.1. The van der Waals surface area contributed by atoms with Crippen molar-refractivity contribution in [3.8, 4) is 11.4 Å². The number of fused-ring (bicyclic) bond motifs is 1. The summed E-state index contributed by atoms with van der Waals surface area (Å²) in [4.78, 5) is 22.3. The minimum absolute atomic E-state index is 0.115. The van der Waals surface area contributed by atoms with Gasteiger partial charge >= 0.3 is 0 Å². The second kappa shape index (κ2) is 16.0. The van der Waals surface area contributed by atoms with Gasteiger partial charge in [0, 0.05) is 17.5 Å². The van der Waals surface area contributed by atoms with E-state index in [4.69, 9.17) is 0 Å². The Hall–Kier alpha value is -2.75. The lowest BCUT2D eigenvalue weighted by Crippen LogP contribution is -2.26. The Morgan fingerprint density at radius 1 is 0.657 bits per heavy atom. The van der Waals surface area contributed by atoms with E-state index in [9.17, 15) is 4.79 Å². The molecule has 0 saturated carbocycles. The monoisotopic (exact) mass is 473 g/mol. The van der Waals surface area contributed by atoms with Crippen LogP contribution in [0.3, 0.4) is 0 Å². The molecule has 0 fully saturated rings. The Morgan fingerprint density at radius 2 is 1.20 bits per heavy atom. The van der Waals surface area contributed by atoms with Crippen molar-refractivity contribution in [3.63, 3.8) is 0 Å². The normalized spacial score (nSPS) is 11.1. The number of rotatable bonds is 17. The summed E-state index contributed by atoms with van der Waals surface area (Å²) in [6.07, 6.45) is 18.7. The molecular weight excluding hydrogens is 430 g/mol. The van der Waals surface area contributed by atoms with Crippen LogP contribution in [0.5, 0.6) is 0 Å². The zero-order chi connectivity index (χ0) is 24.6. The average Bonchev–Trinajstić information content (AvgIpc) is 2.90. The molecule has 0 aliphatic carbocycles. The second-order valence-corrected chi connectivity index (χ2v) is 9.63. The smallest absolute Gasteiger partial charge is 0.270 e. The summed E-state index contributed by atoms with van der Waals surface area (Å²) in [5, 5.41) is 3.88. The van der Waals surface area contributed by atoms with Gasteiger partial charge in [-0.2, -0.15) is 0 Å². The maximum Gasteiger partial charge on any atom is 0.270 e. The van der Waals surface area contributed by atoms with Gasteiger partial charge in [0.25, 0.3) is 5.91 Å². The van der Waals surface area contributed by atoms with E-state index in [2.05, 4.69) is 22.2 Å². The minimum Gasteiger partial charge on any atom is -0.351 e. The number of hydrogen-bond acceptors (Lipinski definition) is 3. The molecule has 4 heteroatoms. The number of carbonyl (C=O) groups is 1. The molecule has 0 spiro atoms. The van der Waals surface area contributed by atoms with Crippen molar-refractivity contribution < 1.29 is 4.79 Å². The number of hydrogen-bond donors (Lipinski definition) is 1. The van der Waals surface area contributed by atoms with Crippen molar-refractivity contribution in [1.82, 2.24) is 15.3 Å². The lowest BCUT2D eigenvalue weighted by atomic mass is 10.0. The van der Waals surface area contributed by atoms with E-state index >= 15 is 0 Å². The Morgan fingerprint density at radius 3 is 1.83 bits per heavy atom.